The Kier molecular flexibility index (Phi) is 4.25. The fourth-order valence-electron chi connectivity index (χ4n) is 3.33. The van der Waals surface area contributed by atoms with Crippen molar-refractivity contribution < 1.29 is 9.59 Å². The van der Waals surface area contributed by atoms with Gasteiger partial charge in [-0.2, -0.15) is 15.0 Å². The van der Waals surface area contributed by atoms with E-state index < -0.39 is 5.54 Å². The first-order valence-corrected chi connectivity index (χ1v) is 8.23. The lowest BCUT2D eigenvalue weighted by atomic mass is 9.90. The minimum Gasteiger partial charge on any atom is -0.368 e. The molecule has 9 nitrogen and oxygen atoms in total. The van der Waals surface area contributed by atoms with E-state index in [1.54, 1.807) is 19.0 Å². The van der Waals surface area contributed by atoms with E-state index >= 15 is 0 Å². The first-order chi connectivity index (χ1) is 11.4. The SMILES string of the molecule is CN(C)c1nc(N)nc(CN2C(=O)NC3(CCCCCC3)C2=O)n1. The third-order valence-corrected chi connectivity index (χ3v) is 4.59. The molecular formula is C15H23N7O2. The number of hydrogen-bond donors (Lipinski definition) is 2. The van der Waals surface area contributed by atoms with Crippen LogP contribution in [0.4, 0.5) is 16.7 Å². The number of hydrogen-bond acceptors (Lipinski definition) is 7. The molecule has 0 aromatic carbocycles. The van der Waals surface area contributed by atoms with Gasteiger partial charge in [-0.25, -0.2) is 4.79 Å². The van der Waals surface area contributed by atoms with Gasteiger partial charge >= 0.3 is 6.03 Å². The van der Waals surface area contributed by atoms with Gasteiger partial charge in [0.1, 0.15) is 5.54 Å². The predicted molar refractivity (Wildman–Crippen MR) is 88.1 cm³/mol. The summed E-state index contributed by atoms with van der Waals surface area (Å²) in [5.74, 6) is 0.592. The summed E-state index contributed by atoms with van der Waals surface area (Å²) in [4.78, 5) is 40.5. The number of urea groups is 1. The van der Waals surface area contributed by atoms with Gasteiger partial charge in [-0.1, -0.05) is 25.7 Å². The maximum absolute atomic E-state index is 12.9. The molecule has 2 fully saturated rings. The molecule has 1 saturated carbocycles. The second-order valence-corrected chi connectivity index (χ2v) is 6.62. The molecule has 0 unspecified atom stereocenters. The molecule has 1 spiro atoms. The zero-order valence-corrected chi connectivity index (χ0v) is 14.1. The van der Waals surface area contributed by atoms with Gasteiger partial charge in [0.25, 0.3) is 5.91 Å². The Morgan fingerprint density at radius 1 is 1.12 bits per heavy atom. The lowest BCUT2D eigenvalue weighted by molar-refractivity contribution is -0.132. The molecule has 1 aliphatic heterocycles. The highest BCUT2D eigenvalue weighted by molar-refractivity contribution is 6.06. The average molecular weight is 333 g/mol. The van der Waals surface area contributed by atoms with Crippen molar-refractivity contribution >= 4 is 23.8 Å². The Morgan fingerprint density at radius 3 is 2.42 bits per heavy atom. The van der Waals surface area contributed by atoms with Gasteiger partial charge in [-0.3, -0.25) is 9.69 Å². The van der Waals surface area contributed by atoms with Crippen LogP contribution in [-0.2, 0) is 11.3 Å². The van der Waals surface area contributed by atoms with E-state index in [4.69, 9.17) is 5.73 Å². The van der Waals surface area contributed by atoms with Crippen molar-refractivity contribution in [3.05, 3.63) is 5.82 Å². The summed E-state index contributed by atoms with van der Waals surface area (Å²) in [6.07, 6.45) is 5.47. The first kappa shape index (κ1) is 16.4. The van der Waals surface area contributed by atoms with Crippen molar-refractivity contribution in [3.63, 3.8) is 0 Å². The number of rotatable bonds is 3. The summed E-state index contributed by atoms with van der Waals surface area (Å²) in [5, 5.41) is 2.91. The zero-order chi connectivity index (χ0) is 17.3. The molecule has 2 heterocycles. The summed E-state index contributed by atoms with van der Waals surface area (Å²) in [6.45, 7) is -0.0000231. The van der Waals surface area contributed by atoms with Gasteiger partial charge in [0.2, 0.25) is 11.9 Å². The molecule has 1 aliphatic carbocycles. The zero-order valence-electron chi connectivity index (χ0n) is 14.1. The van der Waals surface area contributed by atoms with Crippen molar-refractivity contribution in [2.45, 2.75) is 50.6 Å². The van der Waals surface area contributed by atoms with E-state index in [9.17, 15) is 9.59 Å². The van der Waals surface area contributed by atoms with Gasteiger partial charge in [0.15, 0.2) is 5.82 Å². The Labute approximate surface area is 140 Å². The van der Waals surface area contributed by atoms with Crippen molar-refractivity contribution in [1.29, 1.82) is 0 Å². The largest absolute Gasteiger partial charge is 0.368 e. The highest BCUT2D eigenvalue weighted by Gasteiger charge is 2.50. The van der Waals surface area contributed by atoms with Crippen LogP contribution in [0, 0.1) is 0 Å². The minimum atomic E-state index is -0.753. The van der Waals surface area contributed by atoms with Crippen molar-refractivity contribution in [2.75, 3.05) is 24.7 Å². The van der Waals surface area contributed by atoms with Crippen molar-refractivity contribution in [3.8, 4) is 0 Å². The number of carbonyl (C=O) groups excluding carboxylic acids is 2. The quantitative estimate of drug-likeness (QED) is 0.780. The summed E-state index contributed by atoms with van der Waals surface area (Å²) in [7, 11) is 3.57. The van der Waals surface area contributed by atoms with Crippen LogP contribution in [0.5, 0.6) is 0 Å². The minimum absolute atomic E-state index is 0.0000231. The van der Waals surface area contributed by atoms with Crippen LogP contribution >= 0.6 is 0 Å². The van der Waals surface area contributed by atoms with Crippen LogP contribution in [0.15, 0.2) is 0 Å². The molecule has 1 aromatic heterocycles. The second-order valence-electron chi connectivity index (χ2n) is 6.62. The molecule has 1 saturated heterocycles. The Bertz CT molecular complexity index is 653. The van der Waals surface area contributed by atoms with Crippen LogP contribution in [0.1, 0.15) is 44.3 Å². The van der Waals surface area contributed by atoms with E-state index in [0.29, 0.717) is 24.6 Å². The van der Waals surface area contributed by atoms with Gasteiger partial charge in [0.05, 0.1) is 6.54 Å². The van der Waals surface area contributed by atoms with Gasteiger partial charge in [-0.05, 0) is 12.8 Å². The number of amides is 3. The van der Waals surface area contributed by atoms with Gasteiger partial charge in [-0.15, -0.1) is 0 Å². The number of nitrogen functional groups attached to an aromatic ring is 1. The van der Waals surface area contributed by atoms with E-state index in [1.807, 2.05) is 0 Å². The van der Waals surface area contributed by atoms with Crippen molar-refractivity contribution in [1.82, 2.24) is 25.2 Å². The summed E-state index contributed by atoms with van der Waals surface area (Å²) in [6, 6.07) is -0.382. The first-order valence-electron chi connectivity index (χ1n) is 8.23. The normalized spacial score (nSPS) is 20.2. The summed E-state index contributed by atoms with van der Waals surface area (Å²) in [5.41, 5.74) is 4.95. The topological polar surface area (TPSA) is 117 Å². The molecule has 3 N–H and O–H groups in total. The van der Waals surface area contributed by atoms with E-state index in [1.165, 1.54) is 4.90 Å². The number of anilines is 2. The fourth-order valence-corrected chi connectivity index (χ4v) is 3.33. The average Bonchev–Trinajstić information content (AvgIpc) is 2.71. The molecule has 3 rings (SSSR count). The molecule has 9 heteroatoms. The summed E-state index contributed by atoms with van der Waals surface area (Å²) >= 11 is 0. The molecule has 0 atom stereocenters. The van der Waals surface area contributed by atoms with E-state index in [2.05, 4.69) is 20.3 Å². The molecule has 2 aliphatic rings. The summed E-state index contributed by atoms with van der Waals surface area (Å²) < 4.78 is 0. The third kappa shape index (κ3) is 2.98. The predicted octanol–water partition coefficient (Wildman–Crippen LogP) is 0.665. The fraction of sp³-hybridized carbons (Fsp3) is 0.667. The number of carbonyl (C=O) groups is 2. The maximum Gasteiger partial charge on any atom is 0.325 e. The Morgan fingerprint density at radius 2 is 1.79 bits per heavy atom. The van der Waals surface area contributed by atoms with E-state index in [0.717, 1.165) is 25.7 Å². The number of nitrogens with zero attached hydrogens (tertiary/aromatic N) is 5. The molecular weight excluding hydrogens is 310 g/mol. The maximum atomic E-state index is 12.9. The number of aromatic nitrogens is 3. The molecule has 0 radical (unpaired) electrons. The van der Waals surface area contributed by atoms with E-state index in [-0.39, 0.29) is 24.4 Å². The van der Waals surface area contributed by atoms with Crippen LogP contribution in [-0.4, -0.2) is 51.4 Å². The third-order valence-electron chi connectivity index (χ3n) is 4.59. The standard InChI is InChI=1S/C15H23N7O2/c1-21(2)13-18-10(17-12(16)19-13)9-22-11(23)15(20-14(22)24)7-5-3-4-6-8-15/h3-9H2,1-2H3,(H,20,24)(H2,16,17,18,19). The second kappa shape index (κ2) is 6.21. The molecule has 0 bridgehead atoms. The van der Waals surface area contributed by atoms with Crippen LogP contribution in [0.2, 0.25) is 0 Å². The number of nitrogens with one attached hydrogen (secondary N) is 1. The smallest absolute Gasteiger partial charge is 0.325 e. The molecule has 3 amide bonds. The molecule has 130 valence electrons. The van der Waals surface area contributed by atoms with Crippen LogP contribution < -0.4 is 16.0 Å². The van der Waals surface area contributed by atoms with Crippen LogP contribution in [0.3, 0.4) is 0 Å². The lowest BCUT2D eigenvalue weighted by Crippen LogP contribution is -2.46. The lowest BCUT2D eigenvalue weighted by Gasteiger charge is -2.24. The number of nitrogens with two attached hydrogens (primary N) is 1. The van der Waals surface area contributed by atoms with Gasteiger partial charge < -0.3 is 16.0 Å². The number of imide groups is 1. The van der Waals surface area contributed by atoms with Crippen molar-refractivity contribution in [2.24, 2.45) is 0 Å². The Balaban J connectivity index is 1.83. The molecule has 1 aromatic rings. The highest BCUT2D eigenvalue weighted by Crippen LogP contribution is 2.33. The molecule has 24 heavy (non-hydrogen) atoms. The van der Waals surface area contributed by atoms with Crippen LogP contribution in [0.25, 0.3) is 0 Å². The monoisotopic (exact) mass is 333 g/mol. The highest BCUT2D eigenvalue weighted by atomic mass is 16.2. The Hall–Kier alpha value is -2.45. The van der Waals surface area contributed by atoms with Gasteiger partial charge in [0, 0.05) is 14.1 Å².